The second kappa shape index (κ2) is 7.27. The minimum atomic E-state index is -0.820. The van der Waals surface area contributed by atoms with Crippen LogP contribution in [0.25, 0.3) is 0 Å². The van der Waals surface area contributed by atoms with E-state index < -0.39 is 5.97 Å². The highest BCUT2D eigenvalue weighted by molar-refractivity contribution is 5.75. The lowest BCUT2D eigenvalue weighted by Crippen LogP contribution is -2.32. The number of carboxylic acid groups (broad SMARTS) is 1. The molecule has 0 aromatic rings. The van der Waals surface area contributed by atoms with Crippen LogP contribution in [0.2, 0.25) is 0 Å². The van der Waals surface area contributed by atoms with Crippen molar-refractivity contribution in [3.8, 4) is 0 Å². The summed E-state index contributed by atoms with van der Waals surface area (Å²) in [4.78, 5) is 21.7. The Hall–Kier alpha value is -1.10. The van der Waals surface area contributed by atoms with E-state index in [1.54, 1.807) is 0 Å². The number of rotatable bonds is 7. The van der Waals surface area contributed by atoms with Crippen LogP contribution in [-0.2, 0) is 9.59 Å². The highest BCUT2D eigenvalue weighted by atomic mass is 16.4. The number of hydrogen-bond donors (Lipinski definition) is 3. The number of aliphatic hydroxyl groups is 1. The summed E-state index contributed by atoms with van der Waals surface area (Å²) in [5.74, 6) is -0.674. The number of carbonyl (C=O) groups excluding carboxylic acids is 1. The molecule has 0 radical (unpaired) electrons. The van der Waals surface area contributed by atoms with E-state index in [0.717, 1.165) is 19.3 Å². The molecule has 0 heterocycles. The van der Waals surface area contributed by atoms with Gasteiger partial charge in [-0.2, -0.15) is 0 Å². The van der Waals surface area contributed by atoms with Gasteiger partial charge in [-0.05, 0) is 25.7 Å². The first-order chi connectivity index (χ1) is 8.09. The summed E-state index contributed by atoms with van der Waals surface area (Å²) in [5, 5.41) is 20.8. The number of aliphatic carboxylic acids is 1. The zero-order chi connectivity index (χ0) is 12.7. The standard InChI is InChI=1S/C12H21NO4/c14-10-5-3-4-9(10)8-13-11(15)6-1-2-7-12(16)17/h9-10,14H,1-8H2,(H,13,15)(H,16,17). The van der Waals surface area contributed by atoms with Crippen molar-refractivity contribution in [2.24, 2.45) is 5.92 Å². The third-order valence-corrected chi connectivity index (χ3v) is 3.22. The average Bonchev–Trinajstić information content (AvgIpc) is 2.67. The Morgan fingerprint density at radius 3 is 2.47 bits per heavy atom. The van der Waals surface area contributed by atoms with Gasteiger partial charge in [0.05, 0.1) is 6.10 Å². The molecule has 5 nitrogen and oxygen atoms in total. The lowest BCUT2D eigenvalue weighted by atomic mass is 10.1. The molecule has 0 bridgehead atoms. The Kier molecular flexibility index (Phi) is 5.97. The van der Waals surface area contributed by atoms with Gasteiger partial charge in [0.2, 0.25) is 5.91 Å². The predicted octanol–water partition coefficient (Wildman–Crippen LogP) is 0.909. The third kappa shape index (κ3) is 5.68. The SMILES string of the molecule is O=C(O)CCCCC(=O)NCC1CCCC1O. The lowest BCUT2D eigenvalue weighted by molar-refractivity contribution is -0.137. The number of amides is 1. The lowest BCUT2D eigenvalue weighted by Gasteiger charge is -2.14. The summed E-state index contributed by atoms with van der Waals surface area (Å²) < 4.78 is 0. The van der Waals surface area contributed by atoms with E-state index in [1.807, 2.05) is 0 Å². The maximum atomic E-state index is 11.4. The number of unbranched alkanes of at least 4 members (excludes halogenated alkanes) is 1. The molecule has 0 spiro atoms. The van der Waals surface area contributed by atoms with E-state index in [9.17, 15) is 14.7 Å². The quantitative estimate of drug-likeness (QED) is 0.580. The topological polar surface area (TPSA) is 86.6 Å². The predicted molar refractivity (Wildman–Crippen MR) is 62.5 cm³/mol. The Morgan fingerprint density at radius 1 is 1.18 bits per heavy atom. The van der Waals surface area contributed by atoms with Gasteiger partial charge < -0.3 is 15.5 Å². The van der Waals surface area contributed by atoms with Crippen LogP contribution in [0.1, 0.15) is 44.9 Å². The van der Waals surface area contributed by atoms with Crippen molar-refractivity contribution in [3.63, 3.8) is 0 Å². The van der Waals surface area contributed by atoms with Gasteiger partial charge in [0, 0.05) is 25.3 Å². The molecular formula is C12H21NO4. The Morgan fingerprint density at radius 2 is 1.88 bits per heavy atom. The average molecular weight is 243 g/mol. The second-order valence-electron chi connectivity index (χ2n) is 4.66. The first-order valence-electron chi connectivity index (χ1n) is 6.26. The zero-order valence-electron chi connectivity index (χ0n) is 10.0. The van der Waals surface area contributed by atoms with E-state index in [-0.39, 0.29) is 24.3 Å². The minimum Gasteiger partial charge on any atom is -0.481 e. The fourth-order valence-corrected chi connectivity index (χ4v) is 2.15. The molecular weight excluding hydrogens is 222 g/mol. The monoisotopic (exact) mass is 243 g/mol. The maximum Gasteiger partial charge on any atom is 0.303 e. The molecule has 98 valence electrons. The van der Waals surface area contributed by atoms with Crippen LogP contribution in [0.5, 0.6) is 0 Å². The highest BCUT2D eigenvalue weighted by Gasteiger charge is 2.25. The van der Waals surface area contributed by atoms with E-state index >= 15 is 0 Å². The molecule has 3 N–H and O–H groups in total. The largest absolute Gasteiger partial charge is 0.481 e. The molecule has 1 amide bonds. The van der Waals surface area contributed by atoms with Crippen molar-refractivity contribution in [2.45, 2.75) is 51.0 Å². The number of nitrogens with one attached hydrogen (secondary N) is 1. The molecule has 1 aliphatic carbocycles. The van der Waals surface area contributed by atoms with Gasteiger partial charge in [-0.15, -0.1) is 0 Å². The van der Waals surface area contributed by atoms with Crippen LogP contribution in [0.4, 0.5) is 0 Å². The van der Waals surface area contributed by atoms with Gasteiger partial charge in [-0.1, -0.05) is 6.42 Å². The molecule has 2 atom stereocenters. The first kappa shape index (κ1) is 14.0. The normalized spacial score (nSPS) is 23.6. The second-order valence-corrected chi connectivity index (χ2v) is 4.66. The molecule has 0 saturated heterocycles. The van der Waals surface area contributed by atoms with Crippen molar-refractivity contribution >= 4 is 11.9 Å². The van der Waals surface area contributed by atoms with Crippen LogP contribution in [0, 0.1) is 5.92 Å². The summed E-state index contributed by atoms with van der Waals surface area (Å²) in [5.41, 5.74) is 0. The number of carbonyl (C=O) groups is 2. The van der Waals surface area contributed by atoms with Gasteiger partial charge in [0.15, 0.2) is 0 Å². The van der Waals surface area contributed by atoms with Gasteiger partial charge in [0.25, 0.3) is 0 Å². The molecule has 0 aromatic carbocycles. The van der Waals surface area contributed by atoms with E-state index in [1.165, 1.54) is 0 Å². The Bertz CT molecular complexity index is 267. The Balaban J connectivity index is 2.03. The van der Waals surface area contributed by atoms with Crippen molar-refractivity contribution in [3.05, 3.63) is 0 Å². The van der Waals surface area contributed by atoms with Crippen molar-refractivity contribution < 1.29 is 19.8 Å². The van der Waals surface area contributed by atoms with Crippen molar-refractivity contribution in [2.75, 3.05) is 6.54 Å². The molecule has 1 fully saturated rings. The molecule has 17 heavy (non-hydrogen) atoms. The van der Waals surface area contributed by atoms with E-state index in [0.29, 0.717) is 25.8 Å². The van der Waals surface area contributed by atoms with Gasteiger partial charge >= 0.3 is 5.97 Å². The first-order valence-corrected chi connectivity index (χ1v) is 6.26. The van der Waals surface area contributed by atoms with Crippen LogP contribution in [-0.4, -0.2) is 34.7 Å². The maximum absolute atomic E-state index is 11.4. The van der Waals surface area contributed by atoms with E-state index in [4.69, 9.17) is 5.11 Å². The van der Waals surface area contributed by atoms with Crippen molar-refractivity contribution in [1.82, 2.24) is 5.32 Å². The van der Waals surface area contributed by atoms with Crippen LogP contribution in [0.15, 0.2) is 0 Å². The number of aliphatic hydroxyl groups excluding tert-OH is 1. The Labute approximate surface area is 101 Å². The van der Waals surface area contributed by atoms with Crippen LogP contribution in [0.3, 0.4) is 0 Å². The fourth-order valence-electron chi connectivity index (χ4n) is 2.15. The highest BCUT2D eigenvalue weighted by Crippen LogP contribution is 2.24. The molecule has 0 aromatic heterocycles. The molecule has 5 heteroatoms. The third-order valence-electron chi connectivity index (χ3n) is 3.22. The summed E-state index contributed by atoms with van der Waals surface area (Å²) in [6, 6.07) is 0. The van der Waals surface area contributed by atoms with Crippen LogP contribution < -0.4 is 5.32 Å². The zero-order valence-corrected chi connectivity index (χ0v) is 10.0. The van der Waals surface area contributed by atoms with Crippen LogP contribution >= 0.6 is 0 Å². The number of carboxylic acids is 1. The van der Waals surface area contributed by atoms with Gasteiger partial charge in [-0.25, -0.2) is 0 Å². The van der Waals surface area contributed by atoms with Gasteiger partial charge in [-0.3, -0.25) is 9.59 Å². The summed E-state index contributed by atoms with van der Waals surface area (Å²) in [6.45, 7) is 0.541. The fraction of sp³-hybridized carbons (Fsp3) is 0.833. The summed E-state index contributed by atoms with van der Waals surface area (Å²) in [7, 11) is 0. The minimum absolute atomic E-state index is 0.0468. The molecule has 1 aliphatic rings. The smallest absolute Gasteiger partial charge is 0.303 e. The summed E-state index contributed by atoms with van der Waals surface area (Å²) in [6.07, 6.45) is 4.19. The molecule has 1 rings (SSSR count). The van der Waals surface area contributed by atoms with E-state index in [2.05, 4.69) is 5.32 Å². The molecule has 0 aliphatic heterocycles. The molecule has 2 unspecified atom stereocenters. The molecule has 1 saturated carbocycles. The van der Waals surface area contributed by atoms with Gasteiger partial charge in [0.1, 0.15) is 0 Å². The summed E-state index contributed by atoms with van der Waals surface area (Å²) >= 11 is 0. The van der Waals surface area contributed by atoms with Crippen molar-refractivity contribution in [1.29, 1.82) is 0 Å². The number of hydrogen-bond acceptors (Lipinski definition) is 3.